The van der Waals surface area contributed by atoms with Gasteiger partial charge in [-0.3, -0.25) is 9.59 Å². The molecule has 0 rings (SSSR count). The molecule has 0 radical (unpaired) electrons. The minimum Gasteiger partial charge on any atom is -0.481 e. The third-order valence-electron chi connectivity index (χ3n) is 0.455. The number of ether oxygens (including phenoxy) is 1. The Morgan fingerprint density at radius 3 is 2.56 bits per heavy atom. The Hall–Kier alpha value is -1.57. The van der Waals surface area contributed by atoms with Gasteiger partial charge < -0.3 is 9.84 Å². The molecule has 0 aromatic carbocycles. The molecule has 48 valence electrons. The van der Waals surface area contributed by atoms with Crippen LogP contribution in [0.1, 0.15) is 6.42 Å². The highest BCUT2D eigenvalue weighted by atomic mass is 16.5. The van der Waals surface area contributed by atoms with Gasteiger partial charge in [0.15, 0.2) is 0 Å². The average Bonchev–Trinajstić information content (AvgIpc) is 1.63. The Bertz CT molecular complexity index is 168. The van der Waals surface area contributed by atoms with E-state index in [0.717, 1.165) is 6.26 Å². The largest absolute Gasteiger partial charge is 0.481 e. The van der Waals surface area contributed by atoms with Crippen molar-refractivity contribution in [2.75, 3.05) is 0 Å². The van der Waals surface area contributed by atoms with Crippen LogP contribution in [0, 0.1) is 11.5 Å². The molecule has 5 heteroatoms. The van der Waals surface area contributed by atoms with Crippen molar-refractivity contribution in [1.82, 2.24) is 0 Å². The second kappa shape index (κ2) is 3.43. The van der Waals surface area contributed by atoms with Crippen LogP contribution in [0.25, 0.3) is 0 Å². The van der Waals surface area contributed by atoms with Crippen LogP contribution in [0.3, 0.4) is 0 Å². The molecule has 1 N–H and O–H groups in total. The summed E-state index contributed by atoms with van der Waals surface area (Å²) in [6.45, 7) is 0. The third kappa shape index (κ3) is 4.28. The van der Waals surface area contributed by atoms with Gasteiger partial charge in [-0.2, -0.15) is 0 Å². The second-order valence-electron chi connectivity index (χ2n) is 1.14. The van der Waals surface area contributed by atoms with E-state index in [1.54, 1.807) is 0 Å². The second-order valence-corrected chi connectivity index (χ2v) is 1.14. The number of esters is 1. The van der Waals surface area contributed by atoms with Crippen molar-refractivity contribution in [1.29, 1.82) is 5.26 Å². The lowest BCUT2D eigenvalue weighted by Gasteiger charge is -1.86. The van der Waals surface area contributed by atoms with E-state index in [-0.39, 0.29) is 0 Å². The van der Waals surface area contributed by atoms with Gasteiger partial charge in [0.1, 0.15) is 6.42 Å². The highest BCUT2D eigenvalue weighted by Gasteiger charge is 2.07. The van der Waals surface area contributed by atoms with E-state index in [4.69, 9.17) is 10.4 Å². The van der Waals surface area contributed by atoms with Gasteiger partial charge in [-0.1, -0.05) is 0 Å². The van der Waals surface area contributed by atoms with E-state index >= 15 is 0 Å². The summed E-state index contributed by atoms with van der Waals surface area (Å²) in [5.74, 6) is -2.36. The topological polar surface area (TPSA) is 87.4 Å². The van der Waals surface area contributed by atoms with E-state index in [1.807, 2.05) is 0 Å². The first-order chi connectivity index (χ1) is 4.16. The molecular weight excluding hydrogens is 126 g/mol. The van der Waals surface area contributed by atoms with Crippen LogP contribution in [-0.4, -0.2) is 17.0 Å². The summed E-state index contributed by atoms with van der Waals surface area (Å²) >= 11 is 0. The fourth-order valence-corrected chi connectivity index (χ4v) is 0.210. The standard InChI is InChI=1S/C4H3NO4/c5-2-9-4(8)1-3(6)7/h1H2,(H,6,7). The molecule has 0 atom stereocenters. The molecule has 0 saturated carbocycles. The zero-order chi connectivity index (χ0) is 7.28. The van der Waals surface area contributed by atoms with Gasteiger partial charge in [0.2, 0.25) is 0 Å². The zero-order valence-electron chi connectivity index (χ0n) is 4.33. The first-order valence-corrected chi connectivity index (χ1v) is 1.97. The van der Waals surface area contributed by atoms with Crippen LogP contribution in [0.2, 0.25) is 0 Å². The van der Waals surface area contributed by atoms with E-state index < -0.39 is 18.4 Å². The summed E-state index contributed by atoms with van der Waals surface area (Å²) in [6.07, 6.45) is 0.290. The van der Waals surface area contributed by atoms with Crippen molar-refractivity contribution < 1.29 is 19.4 Å². The Morgan fingerprint density at radius 2 is 2.22 bits per heavy atom. The first-order valence-electron chi connectivity index (χ1n) is 1.97. The third-order valence-corrected chi connectivity index (χ3v) is 0.455. The summed E-state index contributed by atoms with van der Waals surface area (Å²) in [6, 6.07) is 0. The lowest BCUT2D eigenvalue weighted by Crippen LogP contribution is -2.07. The van der Waals surface area contributed by atoms with Crippen molar-refractivity contribution in [2.24, 2.45) is 0 Å². The molecule has 0 unspecified atom stereocenters. The maximum Gasteiger partial charge on any atom is 0.332 e. The molecule has 0 spiro atoms. The van der Waals surface area contributed by atoms with E-state index in [1.165, 1.54) is 0 Å². The predicted octanol–water partition coefficient (Wildman–Crippen LogP) is -0.515. The number of nitriles is 1. The van der Waals surface area contributed by atoms with Gasteiger partial charge >= 0.3 is 11.9 Å². The summed E-state index contributed by atoms with van der Waals surface area (Å²) < 4.78 is 3.64. The lowest BCUT2D eigenvalue weighted by molar-refractivity contribution is -0.147. The van der Waals surface area contributed by atoms with Crippen LogP contribution in [-0.2, 0) is 14.3 Å². The minimum absolute atomic E-state index is 0.770. The quantitative estimate of drug-likeness (QED) is 0.308. The fraction of sp³-hybridized carbons (Fsp3) is 0.250. The summed E-state index contributed by atoms with van der Waals surface area (Å²) in [4.78, 5) is 19.7. The van der Waals surface area contributed by atoms with Crippen molar-refractivity contribution in [3.8, 4) is 6.26 Å². The lowest BCUT2D eigenvalue weighted by atomic mass is 10.4. The van der Waals surface area contributed by atoms with E-state index in [0.29, 0.717) is 0 Å². The van der Waals surface area contributed by atoms with Gasteiger partial charge in [-0.05, 0) is 0 Å². The van der Waals surface area contributed by atoms with Gasteiger partial charge in [0.25, 0.3) is 6.26 Å². The molecule has 0 bridgehead atoms. The molecule has 0 aromatic heterocycles. The smallest absolute Gasteiger partial charge is 0.332 e. The highest BCUT2D eigenvalue weighted by Crippen LogP contribution is 1.82. The van der Waals surface area contributed by atoms with Gasteiger partial charge in [0.05, 0.1) is 0 Å². The van der Waals surface area contributed by atoms with Crippen molar-refractivity contribution >= 4 is 11.9 Å². The number of aliphatic carboxylic acids is 1. The number of carbonyl (C=O) groups excluding carboxylic acids is 1. The normalized spacial score (nSPS) is 7.44. The molecule has 9 heavy (non-hydrogen) atoms. The maximum absolute atomic E-state index is 10.0. The van der Waals surface area contributed by atoms with E-state index in [2.05, 4.69) is 4.74 Å². The van der Waals surface area contributed by atoms with Crippen molar-refractivity contribution in [3.63, 3.8) is 0 Å². The first kappa shape index (κ1) is 7.43. The SMILES string of the molecule is N#COC(=O)CC(=O)O. The van der Waals surface area contributed by atoms with Crippen LogP contribution in [0.4, 0.5) is 0 Å². The minimum atomic E-state index is -1.31. The van der Waals surface area contributed by atoms with E-state index in [9.17, 15) is 9.59 Å². The molecule has 0 fully saturated rings. The molecule has 0 aliphatic heterocycles. The fourth-order valence-electron chi connectivity index (χ4n) is 0.210. The number of carbonyl (C=O) groups is 2. The molecule has 0 aliphatic rings. The number of nitrogens with zero attached hydrogens (tertiary/aromatic N) is 1. The molecule has 0 saturated heterocycles. The number of carboxylic acid groups (broad SMARTS) is 1. The molecule has 0 amide bonds. The highest BCUT2D eigenvalue weighted by molar-refractivity contribution is 5.90. The molecule has 5 nitrogen and oxygen atoms in total. The number of hydrogen-bond acceptors (Lipinski definition) is 4. The molecule has 0 aliphatic carbocycles. The Balaban J connectivity index is 3.54. The number of hydrogen-bond donors (Lipinski definition) is 1. The van der Waals surface area contributed by atoms with Crippen molar-refractivity contribution in [3.05, 3.63) is 0 Å². The van der Waals surface area contributed by atoms with Gasteiger partial charge in [0, 0.05) is 0 Å². The maximum atomic E-state index is 10.0. The molecular formula is C4H3NO4. The predicted molar refractivity (Wildman–Crippen MR) is 24.0 cm³/mol. The number of rotatable bonds is 2. The monoisotopic (exact) mass is 129 g/mol. The van der Waals surface area contributed by atoms with Crippen LogP contribution >= 0.6 is 0 Å². The zero-order valence-corrected chi connectivity index (χ0v) is 4.33. The molecule has 0 aromatic rings. The van der Waals surface area contributed by atoms with Crippen LogP contribution in [0.5, 0.6) is 0 Å². The Labute approximate surface area is 50.5 Å². The van der Waals surface area contributed by atoms with Gasteiger partial charge in [-0.15, -0.1) is 5.26 Å². The Kier molecular flexibility index (Phi) is 2.84. The average molecular weight is 129 g/mol. The van der Waals surface area contributed by atoms with Crippen LogP contribution < -0.4 is 0 Å². The van der Waals surface area contributed by atoms with Crippen LogP contribution in [0.15, 0.2) is 0 Å². The summed E-state index contributed by atoms with van der Waals surface area (Å²) in [5, 5.41) is 15.6. The molecule has 0 heterocycles. The Morgan fingerprint density at radius 1 is 1.67 bits per heavy atom. The summed E-state index contributed by atoms with van der Waals surface area (Å²) in [5.41, 5.74) is 0. The summed E-state index contributed by atoms with van der Waals surface area (Å²) in [7, 11) is 0. The van der Waals surface area contributed by atoms with Gasteiger partial charge in [-0.25, -0.2) is 0 Å². The van der Waals surface area contributed by atoms with Crippen molar-refractivity contribution in [2.45, 2.75) is 6.42 Å². The number of carboxylic acids is 1.